The Hall–Kier alpha value is -1.85. The van der Waals surface area contributed by atoms with E-state index < -0.39 is 20.5 Å². The Morgan fingerprint density at radius 2 is 1.97 bits per heavy atom. The quantitative estimate of drug-likeness (QED) is 0.562. The van der Waals surface area contributed by atoms with Crippen LogP contribution in [-0.4, -0.2) is 41.2 Å². The number of thiazole rings is 1. The predicted octanol–water partition coefficient (Wildman–Crippen LogP) is 3.08. The highest BCUT2D eigenvalue weighted by Gasteiger charge is 2.70. The van der Waals surface area contributed by atoms with E-state index in [1.165, 1.54) is 0 Å². The number of sulfone groups is 1. The Balaban J connectivity index is 1.16. The third kappa shape index (κ3) is 2.51. The number of halogens is 1. The normalized spacial score (nSPS) is 28.6. The van der Waals surface area contributed by atoms with Gasteiger partial charge in [0.2, 0.25) is 5.89 Å². The minimum Gasteiger partial charge on any atom is -0.344 e. The molecule has 4 fully saturated rings. The zero-order valence-electron chi connectivity index (χ0n) is 15.9. The van der Waals surface area contributed by atoms with Gasteiger partial charge in [-0.05, 0) is 50.3 Å². The van der Waals surface area contributed by atoms with Crippen molar-refractivity contribution in [1.82, 2.24) is 20.4 Å². The smallest absolute Gasteiger partial charge is 0.293 e. The highest BCUT2D eigenvalue weighted by atomic mass is 79.9. The van der Waals surface area contributed by atoms with Gasteiger partial charge < -0.3 is 9.84 Å². The van der Waals surface area contributed by atoms with Crippen molar-refractivity contribution in [1.29, 1.82) is 0 Å². The second-order valence-electron chi connectivity index (χ2n) is 8.87. The van der Waals surface area contributed by atoms with Gasteiger partial charge in [0.05, 0.1) is 10.2 Å². The monoisotopic (exact) mass is 508 g/mol. The fourth-order valence-electron chi connectivity index (χ4n) is 4.93. The number of aromatic nitrogens is 3. The molecule has 0 saturated heterocycles. The molecule has 4 saturated carbocycles. The van der Waals surface area contributed by atoms with Crippen LogP contribution in [0.3, 0.4) is 0 Å². The summed E-state index contributed by atoms with van der Waals surface area (Å²) < 4.78 is 30.2. The van der Waals surface area contributed by atoms with Crippen LogP contribution in [-0.2, 0) is 20.0 Å². The lowest BCUT2D eigenvalue weighted by atomic mass is 9.39. The maximum Gasteiger partial charge on any atom is 0.293 e. The summed E-state index contributed by atoms with van der Waals surface area (Å²) in [7, 11) is -3.37. The maximum atomic E-state index is 12.6. The van der Waals surface area contributed by atoms with E-state index in [0.29, 0.717) is 12.8 Å². The summed E-state index contributed by atoms with van der Waals surface area (Å²) in [6, 6.07) is 6.11. The first-order valence-corrected chi connectivity index (χ1v) is 13.1. The number of carbonyl (C=O) groups excluding carboxylic acids is 1. The van der Waals surface area contributed by atoms with E-state index in [4.69, 9.17) is 9.51 Å². The molecule has 4 aliphatic rings. The summed E-state index contributed by atoms with van der Waals surface area (Å²) in [4.78, 5) is 21.6. The molecular formula is C19H17BrN4O4S2. The van der Waals surface area contributed by atoms with Gasteiger partial charge >= 0.3 is 0 Å². The first-order chi connectivity index (χ1) is 14.1. The van der Waals surface area contributed by atoms with Crippen molar-refractivity contribution < 1.29 is 17.7 Å². The lowest BCUT2D eigenvalue weighted by Gasteiger charge is -2.69. The molecule has 156 valence electrons. The second kappa shape index (κ2) is 5.68. The topological polar surface area (TPSA) is 115 Å². The van der Waals surface area contributed by atoms with Crippen molar-refractivity contribution in [3.05, 3.63) is 39.4 Å². The van der Waals surface area contributed by atoms with E-state index in [1.807, 2.05) is 12.1 Å². The lowest BCUT2D eigenvalue weighted by molar-refractivity contribution is -0.0809. The standard InChI is InChI=1S/C19H17BrN4O4S2/c1-30(26,27)19(4-5-19)15-22-13(24-28-15)14(25)23-18-7-17(8-18,9-18)16-21-11-6-10(20)2-3-12(11)29-16/h2-3,6H,4-5,7-9H2,1H3,(H,23,25). The number of benzene rings is 1. The number of amides is 1. The number of carbonyl (C=O) groups is 1. The molecule has 0 unspecified atom stereocenters. The van der Waals surface area contributed by atoms with E-state index >= 15 is 0 Å². The highest BCUT2D eigenvalue weighted by Crippen LogP contribution is 2.68. The molecular weight excluding hydrogens is 492 g/mol. The van der Waals surface area contributed by atoms with Crippen LogP contribution >= 0.6 is 27.3 Å². The molecule has 11 heteroatoms. The van der Waals surface area contributed by atoms with E-state index in [9.17, 15) is 13.2 Å². The Bertz CT molecular complexity index is 1320. The predicted molar refractivity (Wildman–Crippen MR) is 113 cm³/mol. The van der Waals surface area contributed by atoms with Crippen molar-refractivity contribution in [2.75, 3.05) is 6.26 Å². The summed E-state index contributed by atoms with van der Waals surface area (Å²) in [6.45, 7) is 0. The van der Waals surface area contributed by atoms with Crippen LogP contribution in [0.2, 0.25) is 0 Å². The molecule has 8 nitrogen and oxygen atoms in total. The molecule has 1 N–H and O–H groups in total. The fourth-order valence-corrected chi connectivity index (χ4v) is 7.65. The van der Waals surface area contributed by atoms with Gasteiger partial charge in [0.15, 0.2) is 14.6 Å². The molecule has 2 aromatic heterocycles. The SMILES string of the molecule is CS(=O)(=O)C1(c2nc(C(=O)NC34CC(c5nc6cc(Br)ccc6s5)(C3)C4)no2)CC1. The largest absolute Gasteiger partial charge is 0.344 e. The van der Waals surface area contributed by atoms with Crippen LogP contribution in [0.5, 0.6) is 0 Å². The average molecular weight is 509 g/mol. The summed E-state index contributed by atoms with van der Waals surface area (Å²) in [6.07, 6.45) is 4.56. The third-order valence-electron chi connectivity index (χ3n) is 6.65. The van der Waals surface area contributed by atoms with Crippen molar-refractivity contribution in [3.63, 3.8) is 0 Å². The number of hydrogen-bond acceptors (Lipinski definition) is 8. The summed E-state index contributed by atoms with van der Waals surface area (Å²) in [5.41, 5.74) is 0.774. The van der Waals surface area contributed by atoms with Crippen molar-refractivity contribution in [3.8, 4) is 0 Å². The first-order valence-electron chi connectivity index (χ1n) is 9.57. The summed E-state index contributed by atoms with van der Waals surface area (Å²) >= 11 is 5.20. The number of nitrogens with one attached hydrogen (secondary N) is 1. The first kappa shape index (κ1) is 18.9. The number of nitrogens with zero attached hydrogens (tertiary/aromatic N) is 3. The van der Waals surface area contributed by atoms with E-state index in [2.05, 4.69) is 37.5 Å². The van der Waals surface area contributed by atoms with Gasteiger partial charge in [0.25, 0.3) is 11.7 Å². The molecule has 7 rings (SSSR count). The van der Waals surface area contributed by atoms with Crippen LogP contribution in [0.15, 0.2) is 27.2 Å². The van der Waals surface area contributed by atoms with Crippen molar-refractivity contribution in [2.45, 2.75) is 47.8 Å². The van der Waals surface area contributed by atoms with Crippen LogP contribution < -0.4 is 5.32 Å². The lowest BCUT2D eigenvalue weighted by Crippen LogP contribution is -2.76. The van der Waals surface area contributed by atoms with Gasteiger partial charge in [-0.15, -0.1) is 11.3 Å². The minimum atomic E-state index is -3.37. The molecule has 2 heterocycles. The van der Waals surface area contributed by atoms with Crippen LogP contribution in [0.1, 0.15) is 53.6 Å². The molecule has 0 spiro atoms. The second-order valence-corrected chi connectivity index (χ2v) is 13.1. The minimum absolute atomic E-state index is 0.0184. The van der Waals surface area contributed by atoms with Gasteiger partial charge in [-0.3, -0.25) is 4.79 Å². The van der Waals surface area contributed by atoms with Gasteiger partial charge in [-0.2, -0.15) is 4.98 Å². The highest BCUT2D eigenvalue weighted by molar-refractivity contribution is 9.10. The van der Waals surface area contributed by atoms with Crippen molar-refractivity contribution in [2.24, 2.45) is 0 Å². The number of rotatable bonds is 5. The molecule has 3 aromatic rings. The van der Waals surface area contributed by atoms with Gasteiger partial charge in [0, 0.05) is 21.7 Å². The van der Waals surface area contributed by atoms with Crippen LogP contribution in [0.25, 0.3) is 10.2 Å². The Morgan fingerprint density at radius 1 is 1.23 bits per heavy atom. The molecule has 0 radical (unpaired) electrons. The molecule has 0 atom stereocenters. The molecule has 0 aliphatic heterocycles. The van der Waals surface area contributed by atoms with Gasteiger partial charge in [0.1, 0.15) is 5.01 Å². The number of hydrogen-bond donors (Lipinski definition) is 1. The molecule has 4 aliphatic carbocycles. The van der Waals surface area contributed by atoms with E-state index in [-0.39, 0.29) is 22.7 Å². The van der Waals surface area contributed by atoms with Crippen molar-refractivity contribution >= 4 is 53.2 Å². The molecule has 1 aromatic carbocycles. The van der Waals surface area contributed by atoms with Gasteiger partial charge in [-0.25, -0.2) is 13.4 Å². The maximum absolute atomic E-state index is 12.6. The zero-order valence-corrected chi connectivity index (χ0v) is 19.2. The Kier molecular flexibility index (Phi) is 3.58. The number of fused-ring (bicyclic) bond motifs is 1. The zero-order chi connectivity index (χ0) is 20.9. The molecule has 30 heavy (non-hydrogen) atoms. The Labute approximate surface area is 184 Å². The summed E-state index contributed by atoms with van der Waals surface area (Å²) in [5.74, 6) is -0.510. The van der Waals surface area contributed by atoms with E-state index in [0.717, 1.165) is 45.2 Å². The molecule has 1 amide bonds. The fraction of sp³-hybridized carbons (Fsp3) is 0.474. The average Bonchev–Trinajstić information content (AvgIpc) is 3.11. The van der Waals surface area contributed by atoms with Gasteiger partial charge in [-0.1, -0.05) is 21.1 Å². The molecule has 2 bridgehead atoms. The van der Waals surface area contributed by atoms with E-state index in [1.54, 1.807) is 11.3 Å². The third-order valence-corrected chi connectivity index (χ3v) is 10.4. The van der Waals surface area contributed by atoms with Crippen LogP contribution in [0, 0.1) is 0 Å². The Morgan fingerprint density at radius 3 is 2.63 bits per heavy atom. The van der Waals surface area contributed by atoms with Crippen LogP contribution in [0.4, 0.5) is 0 Å². The summed E-state index contributed by atoms with van der Waals surface area (Å²) in [5, 5.41) is 7.89.